The molecule has 0 bridgehead atoms. The Labute approximate surface area is 165 Å². The molecule has 1 N–H and O–H groups in total. The molecule has 3 rings (SSSR count). The Morgan fingerprint density at radius 3 is 2.68 bits per heavy atom. The summed E-state index contributed by atoms with van der Waals surface area (Å²) in [7, 11) is 1.57. The maximum Gasteiger partial charge on any atom is 0.294 e. The number of nitrogens with zero attached hydrogens (tertiary/aromatic N) is 1. The molecule has 0 aromatic heterocycles. The molecule has 1 aliphatic heterocycles. The van der Waals surface area contributed by atoms with Gasteiger partial charge in [-0.15, -0.1) is 0 Å². The number of aryl methyl sites for hydroxylation is 1. The van der Waals surface area contributed by atoms with E-state index in [9.17, 15) is 18.8 Å². The molecule has 0 spiro atoms. The van der Waals surface area contributed by atoms with Crippen molar-refractivity contribution in [2.45, 2.75) is 6.92 Å². The summed E-state index contributed by atoms with van der Waals surface area (Å²) in [4.78, 5) is 37.9. The summed E-state index contributed by atoms with van der Waals surface area (Å²) in [6, 6.07) is 11.0. The average molecular weight is 400 g/mol. The highest BCUT2D eigenvalue weighted by Gasteiger charge is 2.36. The second kappa shape index (κ2) is 8.26. The average Bonchev–Trinajstić information content (AvgIpc) is 2.91. The summed E-state index contributed by atoms with van der Waals surface area (Å²) >= 11 is 0.757. The molecule has 0 saturated carbocycles. The number of anilines is 1. The summed E-state index contributed by atoms with van der Waals surface area (Å²) in [5.41, 5.74) is 1.61. The molecular formula is C20H17FN2O4S. The highest BCUT2D eigenvalue weighted by atomic mass is 32.2. The third-order valence-corrected chi connectivity index (χ3v) is 4.95. The van der Waals surface area contributed by atoms with Crippen LogP contribution in [0.3, 0.4) is 0 Å². The first kappa shape index (κ1) is 19.6. The van der Waals surface area contributed by atoms with Gasteiger partial charge in [-0.25, -0.2) is 4.39 Å². The van der Waals surface area contributed by atoms with Crippen LogP contribution >= 0.6 is 11.8 Å². The Hall–Kier alpha value is -3.13. The van der Waals surface area contributed by atoms with Gasteiger partial charge in [-0.05, 0) is 60.2 Å². The van der Waals surface area contributed by atoms with E-state index in [1.165, 1.54) is 18.2 Å². The number of thioether (sulfide) groups is 1. The molecule has 0 unspecified atom stereocenters. The molecule has 6 nitrogen and oxygen atoms in total. The molecule has 8 heteroatoms. The minimum absolute atomic E-state index is 0.0104. The van der Waals surface area contributed by atoms with Gasteiger partial charge in [0.2, 0.25) is 5.91 Å². The van der Waals surface area contributed by atoms with Crippen LogP contribution in [-0.2, 0) is 9.59 Å². The summed E-state index contributed by atoms with van der Waals surface area (Å²) in [6.45, 7) is 1.38. The lowest BCUT2D eigenvalue weighted by atomic mass is 10.1. The van der Waals surface area contributed by atoms with Crippen molar-refractivity contribution in [2.75, 3.05) is 19.0 Å². The monoisotopic (exact) mass is 400 g/mol. The molecule has 0 radical (unpaired) electrons. The Balaban J connectivity index is 1.72. The molecule has 1 fully saturated rings. The van der Waals surface area contributed by atoms with Gasteiger partial charge in [0.05, 0.1) is 17.7 Å². The van der Waals surface area contributed by atoms with E-state index in [1.807, 2.05) is 13.0 Å². The Kier molecular flexibility index (Phi) is 5.79. The predicted octanol–water partition coefficient (Wildman–Crippen LogP) is 3.82. The second-order valence-corrected chi connectivity index (χ2v) is 7.02. The van der Waals surface area contributed by atoms with Crippen molar-refractivity contribution in [1.82, 2.24) is 4.90 Å². The largest absolute Gasteiger partial charge is 0.496 e. The normalized spacial score (nSPS) is 15.2. The maximum absolute atomic E-state index is 13.6. The molecule has 28 heavy (non-hydrogen) atoms. The summed E-state index contributed by atoms with van der Waals surface area (Å²) in [5.74, 6) is -1.10. The van der Waals surface area contributed by atoms with Gasteiger partial charge < -0.3 is 10.1 Å². The molecule has 2 aromatic carbocycles. The van der Waals surface area contributed by atoms with E-state index >= 15 is 0 Å². The number of carbonyl (C=O) groups is 3. The Bertz CT molecular complexity index is 990. The lowest BCUT2D eigenvalue weighted by molar-refractivity contribution is -0.127. The highest BCUT2D eigenvalue weighted by Crippen LogP contribution is 2.32. The number of carbonyl (C=O) groups excluding carboxylic acids is 3. The first-order valence-corrected chi connectivity index (χ1v) is 9.15. The topological polar surface area (TPSA) is 75.7 Å². The van der Waals surface area contributed by atoms with Gasteiger partial charge in [-0.2, -0.15) is 0 Å². The Morgan fingerprint density at radius 2 is 2.00 bits per heavy atom. The van der Waals surface area contributed by atoms with E-state index in [0.717, 1.165) is 33.5 Å². The number of hydrogen-bond donors (Lipinski definition) is 1. The molecule has 0 aliphatic carbocycles. The third kappa shape index (κ3) is 4.23. The van der Waals surface area contributed by atoms with Gasteiger partial charge in [0.1, 0.15) is 18.1 Å². The van der Waals surface area contributed by atoms with Crippen molar-refractivity contribution in [3.63, 3.8) is 0 Å². The third-order valence-electron chi connectivity index (χ3n) is 4.04. The van der Waals surface area contributed by atoms with E-state index in [4.69, 9.17) is 4.74 Å². The van der Waals surface area contributed by atoms with Crippen LogP contribution in [0.2, 0.25) is 0 Å². The molecule has 1 saturated heterocycles. The molecule has 0 atom stereocenters. The van der Waals surface area contributed by atoms with Gasteiger partial charge in [0, 0.05) is 0 Å². The van der Waals surface area contributed by atoms with Gasteiger partial charge >= 0.3 is 0 Å². The number of ether oxygens (including phenoxy) is 1. The van der Waals surface area contributed by atoms with Crippen molar-refractivity contribution in [2.24, 2.45) is 0 Å². The van der Waals surface area contributed by atoms with Crippen molar-refractivity contribution >= 4 is 40.6 Å². The first-order valence-electron chi connectivity index (χ1n) is 8.33. The Morgan fingerprint density at radius 1 is 1.25 bits per heavy atom. The molecule has 3 amide bonds. The minimum Gasteiger partial charge on any atom is -0.496 e. The van der Waals surface area contributed by atoms with E-state index in [-0.39, 0.29) is 10.6 Å². The van der Waals surface area contributed by atoms with Gasteiger partial charge in [0.25, 0.3) is 11.1 Å². The van der Waals surface area contributed by atoms with Crippen LogP contribution in [0.4, 0.5) is 14.9 Å². The number of para-hydroxylation sites is 1. The summed E-state index contributed by atoms with van der Waals surface area (Å²) in [5, 5.41) is 1.81. The zero-order valence-corrected chi connectivity index (χ0v) is 16.0. The van der Waals surface area contributed by atoms with Crippen molar-refractivity contribution in [3.8, 4) is 5.75 Å². The van der Waals surface area contributed by atoms with Crippen LogP contribution in [0.1, 0.15) is 11.1 Å². The first-order chi connectivity index (χ1) is 13.4. The lowest BCUT2D eigenvalue weighted by Gasteiger charge is -2.12. The smallest absolute Gasteiger partial charge is 0.294 e. The molecule has 2 aromatic rings. The SMILES string of the molecule is COc1ccc(C=C2SC(=O)N(CC(=O)Nc3ccccc3F)C2=O)cc1C. The van der Waals surface area contributed by atoms with E-state index in [2.05, 4.69) is 5.32 Å². The zero-order valence-electron chi connectivity index (χ0n) is 15.2. The van der Waals surface area contributed by atoms with Crippen LogP contribution in [0, 0.1) is 12.7 Å². The van der Waals surface area contributed by atoms with Crippen LogP contribution in [0.5, 0.6) is 5.75 Å². The summed E-state index contributed by atoms with van der Waals surface area (Å²) in [6.07, 6.45) is 1.59. The van der Waals surface area contributed by atoms with E-state index in [1.54, 1.807) is 31.4 Å². The number of methoxy groups -OCH3 is 1. The fourth-order valence-corrected chi connectivity index (χ4v) is 3.51. The number of imide groups is 1. The molecule has 1 aliphatic rings. The number of amides is 3. The quantitative estimate of drug-likeness (QED) is 0.773. The number of rotatable bonds is 5. The lowest BCUT2D eigenvalue weighted by Crippen LogP contribution is -2.36. The highest BCUT2D eigenvalue weighted by molar-refractivity contribution is 8.18. The van der Waals surface area contributed by atoms with Crippen LogP contribution < -0.4 is 10.1 Å². The van der Waals surface area contributed by atoms with Crippen molar-refractivity contribution in [1.29, 1.82) is 0 Å². The van der Waals surface area contributed by atoms with E-state index < -0.39 is 29.4 Å². The molecular weight excluding hydrogens is 383 g/mol. The predicted molar refractivity (Wildman–Crippen MR) is 105 cm³/mol. The van der Waals surface area contributed by atoms with Crippen LogP contribution in [0.25, 0.3) is 6.08 Å². The van der Waals surface area contributed by atoms with Crippen molar-refractivity contribution < 1.29 is 23.5 Å². The number of nitrogens with one attached hydrogen (secondary N) is 1. The number of hydrogen-bond acceptors (Lipinski definition) is 5. The second-order valence-electron chi connectivity index (χ2n) is 6.02. The number of halogens is 1. The van der Waals surface area contributed by atoms with Gasteiger partial charge in [-0.3, -0.25) is 19.3 Å². The zero-order chi connectivity index (χ0) is 20.3. The van der Waals surface area contributed by atoms with Crippen LogP contribution in [-0.4, -0.2) is 35.6 Å². The maximum atomic E-state index is 13.6. The van der Waals surface area contributed by atoms with Crippen molar-refractivity contribution in [3.05, 3.63) is 64.3 Å². The summed E-state index contributed by atoms with van der Waals surface area (Å²) < 4.78 is 18.8. The molecule has 1 heterocycles. The van der Waals surface area contributed by atoms with Gasteiger partial charge in [-0.1, -0.05) is 18.2 Å². The molecule has 144 valence electrons. The van der Waals surface area contributed by atoms with Crippen LogP contribution in [0.15, 0.2) is 47.4 Å². The number of benzene rings is 2. The standard InChI is InChI=1S/C20H17FN2O4S/c1-12-9-13(7-8-16(12)27-2)10-17-19(25)23(20(26)28-17)11-18(24)22-15-6-4-3-5-14(15)21/h3-10H,11H2,1-2H3,(H,22,24). The fourth-order valence-electron chi connectivity index (χ4n) is 2.67. The minimum atomic E-state index is -0.658. The fraction of sp³-hybridized carbons (Fsp3) is 0.150. The van der Waals surface area contributed by atoms with Gasteiger partial charge in [0.15, 0.2) is 0 Å². The van der Waals surface area contributed by atoms with E-state index in [0.29, 0.717) is 0 Å².